The van der Waals surface area contributed by atoms with Crippen LogP contribution in [0.1, 0.15) is 5.69 Å². The molecule has 0 radical (unpaired) electrons. The van der Waals surface area contributed by atoms with E-state index in [2.05, 4.69) is 4.98 Å². The van der Waals surface area contributed by atoms with Crippen LogP contribution >= 0.6 is 22.6 Å². The zero-order chi connectivity index (χ0) is 7.56. The molecule has 1 heterocycles. The van der Waals surface area contributed by atoms with Gasteiger partial charge in [-0.2, -0.15) is 0 Å². The maximum Gasteiger partial charge on any atom is 0.160 e. The Morgan fingerprint density at radius 2 is 2.30 bits per heavy atom. The van der Waals surface area contributed by atoms with Crippen molar-refractivity contribution in [1.82, 2.24) is 4.98 Å². The Balaban J connectivity index is 3.14. The lowest BCUT2D eigenvalue weighted by Gasteiger charge is -1.96. The van der Waals surface area contributed by atoms with Gasteiger partial charge in [0, 0.05) is 6.20 Å². The monoisotopic (exact) mass is 255 g/mol. The van der Waals surface area contributed by atoms with Crippen LogP contribution in [0.25, 0.3) is 0 Å². The molecule has 0 fully saturated rings. The van der Waals surface area contributed by atoms with Crippen LogP contribution in [-0.2, 0) is 6.67 Å². The summed E-state index contributed by atoms with van der Waals surface area (Å²) < 4.78 is 25.0. The van der Waals surface area contributed by atoms with Gasteiger partial charge in [-0.25, -0.2) is 8.78 Å². The van der Waals surface area contributed by atoms with Gasteiger partial charge >= 0.3 is 0 Å². The Morgan fingerprint density at radius 1 is 1.60 bits per heavy atom. The molecule has 0 amide bonds. The third kappa shape index (κ3) is 1.42. The molecule has 0 saturated carbocycles. The van der Waals surface area contributed by atoms with Crippen molar-refractivity contribution in [2.24, 2.45) is 0 Å². The molecule has 0 spiro atoms. The van der Waals surface area contributed by atoms with Crippen LogP contribution in [0.4, 0.5) is 8.78 Å². The van der Waals surface area contributed by atoms with Gasteiger partial charge in [0.1, 0.15) is 12.4 Å². The van der Waals surface area contributed by atoms with Crippen molar-refractivity contribution in [1.29, 1.82) is 0 Å². The third-order valence-electron chi connectivity index (χ3n) is 1.04. The molecule has 54 valence electrons. The minimum atomic E-state index is -0.845. The summed E-state index contributed by atoms with van der Waals surface area (Å²) >= 11 is 1.79. The summed E-state index contributed by atoms with van der Waals surface area (Å²) in [5.41, 5.74) is -0.119. The van der Waals surface area contributed by atoms with Gasteiger partial charge in [0.15, 0.2) is 5.82 Å². The Hall–Kier alpha value is -0.260. The van der Waals surface area contributed by atoms with Crippen LogP contribution in [0.3, 0.4) is 0 Å². The molecule has 0 aromatic carbocycles. The van der Waals surface area contributed by atoms with E-state index in [-0.39, 0.29) is 5.69 Å². The Morgan fingerprint density at radius 3 is 2.80 bits per heavy atom. The minimum Gasteiger partial charge on any atom is -0.255 e. The van der Waals surface area contributed by atoms with Crippen LogP contribution in [-0.4, -0.2) is 4.98 Å². The highest BCUT2D eigenvalue weighted by Gasteiger charge is 2.05. The van der Waals surface area contributed by atoms with Crippen molar-refractivity contribution in [3.05, 3.63) is 27.3 Å². The summed E-state index contributed by atoms with van der Waals surface area (Å²) in [6, 6.07) is 1.50. The Labute approximate surface area is 70.6 Å². The minimum absolute atomic E-state index is 0.119. The van der Waals surface area contributed by atoms with Crippen LogP contribution in [0.5, 0.6) is 0 Å². The first kappa shape index (κ1) is 7.84. The van der Waals surface area contributed by atoms with Crippen LogP contribution < -0.4 is 0 Å². The topological polar surface area (TPSA) is 12.9 Å². The zero-order valence-corrected chi connectivity index (χ0v) is 7.10. The van der Waals surface area contributed by atoms with Crippen molar-refractivity contribution < 1.29 is 8.78 Å². The van der Waals surface area contributed by atoms with Gasteiger partial charge in [0.05, 0.1) is 3.57 Å². The molecule has 0 aliphatic rings. The maximum absolute atomic E-state index is 12.7. The number of halogens is 3. The first-order chi connectivity index (χ1) is 4.75. The van der Waals surface area contributed by atoms with E-state index in [0.717, 1.165) is 0 Å². The fraction of sp³-hybridized carbons (Fsp3) is 0.167. The number of hydrogen-bond donors (Lipinski definition) is 0. The average molecular weight is 255 g/mol. The number of aromatic nitrogens is 1. The number of rotatable bonds is 1. The molecular weight excluding hydrogens is 251 g/mol. The van der Waals surface area contributed by atoms with Gasteiger partial charge in [-0.15, -0.1) is 0 Å². The lowest BCUT2D eigenvalue weighted by Crippen LogP contribution is -1.93. The van der Waals surface area contributed by atoms with Crippen molar-refractivity contribution in [3.8, 4) is 0 Å². The predicted octanol–water partition coefficient (Wildman–Crippen LogP) is 2.29. The quantitative estimate of drug-likeness (QED) is 0.701. The van der Waals surface area contributed by atoms with Crippen molar-refractivity contribution in [2.45, 2.75) is 6.67 Å². The molecule has 0 aliphatic carbocycles. The predicted molar refractivity (Wildman–Crippen MR) is 41.7 cm³/mol. The van der Waals surface area contributed by atoms with Crippen molar-refractivity contribution in [3.63, 3.8) is 0 Å². The second-order valence-electron chi connectivity index (χ2n) is 1.69. The molecule has 0 atom stereocenters. The van der Waals surface area contributed by atoms with E-state index in [1.54, 1.807) is 22.6 Å². The molecule has 4 heteroatoms. The summed E-state index contributed by atoms with van der Waals surface area (Å²) in [6.07, 6.45) is 1.39. The molecule has 0 saturated heterocycles. The van der Waals surface area contributed by atoms with Gasteiger partial charge in [0.25, 0.3) is 0 Å². The largest absolute Gasteiger partial charge is 0.255 e. The van der Waals surface area contributed by atoms with Gasteiger partial charge in [0.2, 0.25) is 0 Å². The van der Waals surface area contributed by atoms with E-state index >= 15 is 0 Å². The molecule has 1 aromatic heterocycles. The summed E-state index contributed by atoms with van der Waals surface area (Å²) in [5, 5.41) is 0. The highest BCUT2D eigenvalue weighted by molar-refractivity contribution is 14.1. The molecule has 0 N–H and O–H groups in total. The van der Waals surface area contributed by atoms with Crippen LogP contribution in [0.15, 0.2) is 12.3 Å². The lowest BCUT2D eigenvalue weighted by atomic mass is 10.4. The summed E-state index contributed by atoms with van der Waals surface area (Å²) in [6.45, 7) is -0.845. The number of pyridine rings is 1. The Bertz CT molecular complexity index is 239. The highest BCUT2D eigenvalue weighted by atomic mass is 127. The van der Waals surface area contributed by atoms with E-state index in [4.69, 9.17) is 0 Å². The van der Waals surface area contributed by atoms with E-state index in [0.29, 0.717) is 3.57 Å². The highest BCUT2D eigenvalue weighted by Crippen LogP contribution is 2.12. The molecule has 0 aliphatic heterocycles. The fourth-order valence-corrected chi connectivity index (χ4v) is 1.03. The van der Waals surface area contributed by atoms with Crippen molar-refractivity contribution >= 4 is 22.6 Å². The van der Waals surface area contributed by atoms with Crippen molar-refractivity contribution in [2.75, 3.05) is 0 Å². The zero-order valence-electron chi connectivity index (χ0n) is 4.94. The van der Waals surface area contributed by atoms with E-state index < -0.39 is 12.5 Å². The normalized spacial score (nSPS) is 9.90. The second-order valence-corrected chi connectivity index (χ2v) is 2.85. The second kappa shape index (κ2) is 3.23. The first-order valence-electron chi connectivity index (χ1n) is 2.60. The van der Waals surface area contributed by atoms with Crippen LogP contribution in [0, 0.1) is 9.39 Å². The first-order valence-corrected chi connectivity index (χ1v) is 3.68. The van der Waals surface area contributed by atoms with Gasteiger partial charge in [-0.05, 0) is 28.7 Å². The molecule has 0 unspecified atom stereocenters. The maximum atomic E-state index is 12.7. The molecular formula is C6H4F2IN. The van der Waals surface area contributed by atoms with E-state index in [1.165, 1.54) is 12.3 Å². The molecule has 1 rings (SSSR count). The van der Waals surface area contributed by atoms with E-state index in [1.807, 2.05) is 0 Å². The summed E-state index contributed by atoms with van der Waals surface area (Å²) in [4.78, 5) is 3.50. The molecule has 1 aromatic rings. The molecule has 1 nitrogen and oxygen atoms in total. The summed E-state index contributed by atoms with van der Waals surface area (Å²) in [7, 11) is 0. The smallest absolute Gasteiger partial charge is 0.160 e. The lowest BCUT2D eigenvalue weighted by molar-refractivity contribution is 0.450. The van der Waals surface area contributed by atoms with Crippen LogP contribution in [0.2, 0.25) is 0 Å². The fourth-order valence-electron chi connectivity index (χ4n) is 0.554. The van der Waals surface area contributed by atoms with Gasteiger partial charge < -0.3 is 0 Å². The number of nitrogens with zero attached hydrogens (tertiary/aromatic N) is 1. The summed E-state index contributed by atoms with van der Waals surface area (Å²) in [5.74, 6) is -0.550. The standard InChI is InChI=1S/C6H4F2IN/c7-3-5-6(8)4(9)1-2-10-5/h1-2H,3H2. The third-order valence-corrected chi connectivity index (χ3v) is 1.87. The molecule has 0 bridgehead atoms. The Kier molecular flexibility index (Phi) is 2.53. The SMILES string of the molecule is FCc1nccc(I)c1F. The van der Waals surface area contributed by atoms with Gasteiger partial charge in [-0.3, -0.25) is 4.98 Å². The van der Waals surface area contributed by atoms with Gasteiger partial charge in [-0.1, -0.05) is 0 Å². The molecule has 10 heavy (non-hydrogen) atoms. The number of alkyl halides is 1. The van der Waals surface area contributed by atoms with E-state index in [9.17, 15) is 8.78 Å². The average Bonchev–Trinajstić information content (AvgIpc) is 1.95. The number of hydrogen-bond acceptors (Lipinski definition) is 1.